The summed E-state index contributed by atoms with van der Waals surface area (Å²) in [6.45, 7) is 9.59. The Morgan fingerprint density at radius 3 is 0.408 bits per heavy atom. The first-order valence-electron chi connectivity index (χ1n) is 37.7. The molecule has 0 aliphatic rings. The van der Waals surface area contributed by atoms with E-state index in [9.17, 15) is 0 Å². The fourth-order valence-corrected chi connectivity index (χ4v) is 13.3. The molecule has 0 aliphatic carbocycles. The summed E-state index contributed by atoms with van der Waals surface area (Å²) in [4.78, 5) is 0. The highest BCUT2D eigenvalue weighted by Gasteiger charge is 2.14. The lowest BCUT2D eigenvalue weighted by atomic mass is 9.85. The van der Waals surface area contributed by atoms with E-state index in [0.29, 0.717) is 0 Å². The van der Waals surface area contributed by atoms with Crippen LogP contribution in [-0.2, 0) is 0 Å². The van der Waals surface area contributed by atoms with Crippen LogP contribution in [0.2, 0.25) is 0 Å². The molecule has 0 saturated carbocycles. The molecule has 0 amide bonds. The molecule has 458 valence electrons. The third kappa shape index (κ3) is 68.3. The Kier molecular flexibility index (Phi) is 71.1. The summed E-state index contributed by atoms with van der Waals surface area (Å²) in [6.07, 6.45) is 104. The normalized spacial score (nSPS) is 12.6. The van der Waals surface area contributed by atoms with Gasteiger partial charge in [-0.3, -0.25) is 0 Å². The third-order valence-electron chi connectivity index (χ3n) is 18.7. The molecule has 0 aromatic rings. The van der Waals surface area contributed by atoms with E-state index in [2.05, 4.69) is 27.7 Å². The minimum absolute atomic E-state index is 0.939. The summed E-state index contributed by atoms with van der Waals surface area (Å²) in [7, 11) is 0. The zero-order valence-electron chi connectivity index (χ0n) is 54.7. The van der Waals surface area contributed by atoms with E-state index >= 15 is 0 Å². The smallest absolute Gasteiger partial charge is 0.0412 e. The summed E-state index contributed by atoms with van der Waals surface area (Å²) in [6, 6.07) is 0. The van der Waals surface area contributed by atoms with Crippen LogP contribution in [0.4, 0.5) is 0 Å². The predicted octanol–water partition coefficient (Wildman–Crippen LogP) is 29.6. The molecule has 2 atom stereocenters. The van der Waals surface area contributed by atoms with Gasteiger partial charge in [-0.15, -0.1) is 0 Å². The lowest BCUT2D eigenvalue weighted by Crippen LogP contribution is -2.08. The summed E-state index contributed by atoms with van der Waals surface area (Å²) in [5, 5.41) is 0. The highest BCUT2D eigenvalue weighted by atomic mass is 14.2. The number of rotatable bonds is 71. The van der Waals surface area contributed by atoms with Crippen LogP contribution >= 0.6 is 0 Å². The lowest BCUT2D eigenvalue weighted by molar-refractivity contribution is 0.312. The van der Waals surface area contributed by atoms with Gasteiger partial charge < -0.3 is 0 Å². The van der Waals surface area contributed by atoms with Crippen molar-refractivity contribution in [1.29, 1.82) is 0 Å². The first kappa shape index (κ1) is 76.0. The van der Waals surface area contributed by atoms with Gasteiger partial charge >= 0.3 is 0 Å². The van der Waals surface area contributed by atoms with Gasteiger partial charge in [0, 0.05) is 0 Å². The van der Waals surface area contributed by atoms with Crippen molar-refractivity contribution < 1.29 is 0 Å². The number of hydrogen-bond donors (Lipinski definition) is 0. The summed E-state index contributed by atoms with van der Waals surface area (Å²) in [5.74, 6) is 1.94. The first-order valence-corrected chi connectivity index (χ1v) is 37.7. The minimum atomic E-state index is 0.939. The molecule has 0 aromatic heterocycles. The fourth-order valence-electron chi connectivity index (χ4n) is 13.3. The van der Waals surface area contributed by atoms with Crippen LogP contribution in [0.25, 0.3) is 0 Å². The second-order valence-electron chi connectivity index (χ2n) is 26.8. The average molecular weight is 1070 g/mol. The molecule has 0 saturated heterocycles. The molecule has 0 rings (SSSR count). The van der Waals surface area contributed by atoms with Crippen LogP contribution in [0.5, 0.6) is 0 Å². The molecule has 2 unspecified atom stereocenters. The molecule has 0 radical (unpaired) electrons. The van der Waals surface area contributed by atoms with Crippen LogP contribution in [0.1, 0.15) is 477 Å². The SMILES string of the molecule is CCCCCCCCCCCCCCCCCCCCCCCCCCCCCC(C)CC(CCCCCCCCCCCCCCCCCCCCC)CCCCCCCCCCCCCCCCCCCCCC. The van der Waals surface area contributed by atoms with Crippen molar-refractivity contribution >= 4 is 0 Å². The number of unbranched alkanes of at least 4 members (excludes halogenated alkanes) is 63. The number of hydrogen-bond acceptors (Lipinski definition) is 0. The molecule has 0 bridgehead atoms. The molecule has 0 aliphatic heterocycles. The van der Waals surface area contributed by atoms with Crippen molar-refractivity contribution in [3.8, 4) is 0 Å². The second-order valence-corrected chi connectivity index (χ2v) is 26.8. The van der Waals surface area contributed by atoms with Crippen molar-refractivity contribution in [3.63, 3.8) is 0 Å². The maximum atomic E-state index is 2.63. The molecule has 76 heavy (non-hydrogen) atoms. The van der Waals surface area contributed by atoms with E-state index in [0.717, 1.165) is 11.8 Å². The molecule has 0 spiro atoms. The molecule has 0 N–H and O–H groups in total. The van der Waals surface area contributed by atoms with E-state index in [1.807, 2.05) is 0 Å². The second kappa shape index (κ2) is 71.1. The zero-order chi connectivity index (χ0) is 54.7. The summed E-state index contributed by atoms with van der Waals surface area (Å²) < 4.78 is 0. The van der Waals surface area contributed by atoms with Gasteiger partial charge in [0.25, 0.3) is 0 Å². The molecule has 0 heterocycles. The van der Waals surface area contributed by atoms with Crippen LogP contribution in [-0.4, -0.2) is 0 Å². The van der Waals surface area contributed by atoms with Crippen LogP contribution < -0.4 is 0 Å². The molecule has 0 fully saturated rings. The van der Waals surface area contributed by atoms with Crippen LogP contribution in [0.15, 0.2) is 0 Å². The Morgan fingerprint density at radius 2 is 0.263 bits per heavy atom. The van der Waals surface area contributed by atoms with Gasteiger partial charge in [-0.25, -0.2) is 0 Å². The Balaban J connectivity index is 4.02. The van der Waals surface area contributed by atoms with E-state index in [-0.39, 0.29) is 0 Å². The Hall–Kier alpha value is 0. The van der Waals surface area contributed by atoms with Crippen molar-refractivity contribution in [1.82, 2.24) is 0 Å². The zero-order valence-corrected chi connectivity index (χ0v) is 54.7. The first-order chi connectivity index (χ1) is 37.7. The third-order valence-corrected chi connectivity index (χ3v) is 18.7. The summed E-state index contributed by atoms with van der Waals surface area (Å²) >= 11 is 0. The molecule has 0 heteroatoms. The Morgan fingerprint density at radius 1 is 0.145 bits per heavy atom. The topological polar surface area (TPSA) is 0 Å². The largest absolute Gasteiger partial charge is 0.0654 e. The van der Waals surface area contributed by atoms with E-state index in [1.54, 1.807) is 0 Å². The highest BCUT2D eigenvalue weighted by Crippen LogP contribution is 2.29. The van der Waals surface area contributed by atoms with Crippen molar-refractivity contribution in [2.24, 2.45) is 11.8 Å². The maximum Gasteiger partial charge on any atom is -0.0412 e. The molecule has 0 aromatic carbocycles. The van der Waals surface area contributed by atoms with Gasteiger partial charge in [0.15, 0.2) is 0 Å². The monoisotopic (exact) mass is 1070 g/mol. The van der Waals surface area contributed by atoms with E-state index in [4.69, 9.17) is 0 Å². The van der Waals surface area contributed by atoms with Crippen LogP contribution in [0.3, 0.4) is 0 Å². The van der Waals surface area contributed by atoms with Crippen LogP contribution in [0, 0.1) is 11.8 Å². The van der Waals surface area contributed by atoms with Gasteiger partial charge in [-0.2, -0.15) is 0 Å². The van der Waals surface area contributed by atoms with E-state index < -0.39 is 0 Å². The van der Waals surface area contributed by atoms with Gasteiger partial charge in [0.2, 0.25) is 0 Å². The van der Waals surface area contributed by atoms with Crippen molar-refractivity contribution in [2.45, 2.75) is 477 Å². The summed E-state index contributed by atoms with van der Waals surface area (Å²) in [5.41, 5.74) is 0. The lowest BCUT2D eigenvalue weighted by Gasteiger charge is -2.21. The Bertz CT molecular complexity index is 950. The molecular formula is C76H154. The maximum absolute atomic E-state index is 2.63. The van der Waals surface area contributed by atoms with Gasteiger partial charge in [-0.05, 0) is 18.3 Å². The fraction of sp³-hybridized carbons (Fsp3) is 1.00. The Labute approximate surface area is 486 Å². The quantitative estimate of drug-likeness (QED) is 0.0533. The average Bonchev–Trinajstić information content (AvgIpc) is 3.42. The van der Waals surface area contributed by atoms with Gasteiger partial charge in [0.05, 0.1) is 0 Å². The van der Waals surface area contributed by atoms with E-state index in [1.165, 1.54) is 449 Å². The standard InChI is InChI=1S/C76H154/c1-5-8-11-14-17-20-23-26-29-32-35-37-38-39-40-41-42-43-45-47-50-53-56-59-62-65-68-71-75(4)74-76(72-69-66-63-60-57-54-51-48-44-34-31-28-25-22-19-16-13-10-7-3)73-70-67-64-61-58-55-52-49-46-36-33-30-27-24-21-18-15-12-9-6-2/h75-76H,5-74H2,1-4H3. The molecule has 0 nitrogen and oxygen atoms in total. The van der Waals surface area contributed by atoms with Gasteiger partial charge in [-0.1, -0.05) is 471 Å². The molecular weight excluding hydrogens is 913 g/mol. The predicted molar refractivity (Wildman–Crippen MR) is 353 cm³/mol. The minimum Gasteiger partial charge on any atom is -0.0654 e. The van der Waals surface area contributed by atoms with Crippen molar-refractivity contribution in [3.05, 3.63) is 0 Å². The van der Waals surface area contributed by atoms with Crippen molar-refractivity contribution in [2.75, 3.05) is 0 Å². The highest BCUT2D eigenvalue weighted by molar-refractivity contribution is 4.67. The van der Waals surface area contributed by atoms with Gasteiger partial charge in [0.1, 0.15) is 0 Å².